The van der Waals surface area contributed by atoms with E-state index in [2.05, 4.69) is 18.8 Å². The standard InChI is InChI=1S/C21H20F2/c1-12-7-13(2)17(14(3)8-12)5-6-18-20(22)10-16(11-21(18)23)19-9-15(19)4/h7-8,10-11,15,19H,9H2,1-4H3. The SMILES string of the molecule is Cc1cc(C)c(C#Cc2c(F)cc(C3CC3C)cc2F)c(C)c1. The van der Waals surface area contributed by atoms with Crippen molar-refractivity contribution in [3.05, 3.63) is 69.3 Å². The van der Waals surface area contributed by atoms with Gasteiger partial charge in [0.05, 0.1) is 5.56 Å². The number of hydrogen-bond acceptors (Lipinski definition) is 0. The lowest BCUT2D eigenvalue weighted by Crippen LogP contribution is -1.95. The smallest absolute Gasteiger partial charge is 0.142 e. The maximum Gasteiger partial charge on any atom is 0.142 e. The first-order valence-corrected chi connectivity index (χ1v) is 7.95. The average molecular weight is 310 g/mol. The van der Waals surface area contributed by atoms with Crippen LogP contribution in [0.5, 0.6) is 0 Å². The van der Waals surface area contributed by atoms with Crippen LogP contribution >= 0.6 is 0 Å². The van der Waals surface area contributed by atoms with Crippen molar-refractivity contribution in [1.29, 1.82) is 0 Å². The third-order valence-corrected chi connectivity index (χ3v) is 4.59. The molecular weight excluding hydrogens is 290 g/mol. The van der Waals surface area contributed by atoms with Crippen LogP contribution in [0.3, 0.4) is 0 Å². The largest absolute Gasteiger partial charge is 0.206 e. The van der Waals surface area contributed by atoms with E-state index in [0.717, 1.165) is 34.2 Å². The average Bonchev–Trinajstić information content (AvgIpc) is 3.17. The second-order valence-corrected chi connectivity index (χ2v) is 6.70. The first-order valence-electron chi connectivity index (χ1n) is 7.95. The molecule has 23 heavy (non-hydrogen) atoms. The topological polar surface area (TPSA) is 0 Å². The molecule has 1 saturated carbocycles. The lowest BCUT2D eigenvalue weighted by Gasteiger charge is -2.06. The molecule has 1 aliphatic rings. The predicted molar refractivity (Wildman–Crippen MR) is 89.5 cm³/mol. The molecule has 2 unspecified atom stereocenters. The molecule has 0 spiro atoms. The van der Waals surface area contributed by atoms with Crippen molar-refractivity contribution >= 4 is 0 Å². The summed E-state index contributed by atoms with van der Waals surface area (Å²) in [4.78, 5) is 0. The van der Waals surface area contributed by atoms with Gasteiger partial charge in [0, 0.05) is 5.56 Å². The highest BCUT2D eigenvalue weighted by Gasteiger charge is 2.34. The van der Waals surface area contributed by atoms with Crippen LogP contribution in [0.4, 0.5) is 8.78 Å². The van der Waals surface area contributed by atoms with Crippen molar-refractivity contribution in [2.45, 2.75) is 40.0 Å². The number of benzene rings is 2. The van der Waals surface area contributed by atoms with Gasteiger partial charge >= 0.3 is 0 Å². The van der Waals surface area contributed by atoms with Gasteiger partial charge in [0.25, 0.3) is 0 Å². The Bertz CT molecular complexity index is 791. The monoisotopic (exact) mass is 310 g/mol. The van der Waals surface area contributed by atoms with Gasteiger partial charge in [-0.05, 0) is 67.9 Å². The van der Waals surface area contributed by atoms with Crippen LogP contribution in [0.15, 0.2) is 24.3 Å². The molecule has 0 N–H and O–H groups in total. The molecule has 0 amide bonds. The van der Waals surface area contributed by atoms with Gasteiger partial charge in [-0.15, -0.1) is 0 Å². The number of rotatable bonds is 1. The normalized spacial score (nSPS) is 19.2. The van der Waals surface area contributed by atoms with E-state index in [9.17, 15) is 8.78 Å². The molecule has 0 radical (unpaired) electrons. The number of hydrogen-bond donors (Lipinski definition) is 0. The zero-order chi connectivity index (χ0) is 16.7. The molecule has 0 heterocycles. The van der Waals surface area contributed by atoms with E-state index >= 15 is 0 Å². The molecule has 1 aliphatic carbocycles. The zero-order valence-electron chi connectivity index (χ0n) is 13.9. The Morgan fingerprint density at radius 1 is 0.870 bits per heavy atom. The lowest BCUT2D eigenvalue weighted by molar-refractivity contribution is 0.573. The molecule has 2 heteroatoms. The third-order valence-electron chi connectivity index (χ3n) is 4.59. The van der Waals surface area contributed by atoms with Crippen molar-refractivity contribution in [2.24, 2.45) is 5.92 Å². The fraction of sp³-hybridized carbons (Fsp3) is 0.333. The Labute approximate surface area is 136 Å². The summed E-state index contributed by atoms with van der Waals surface area (Å²) in [5.74, 6) is 5.33. The molecule has 2 aromatic carbocycles. The first kappa shape index (κ1) is 15.7. The third kappa shape index (κ3) is 3.15. The van der Waals surface area contributed by atoms with Gasteiger partial charge < -0.3 is 0 Å². The van der Waals surface area contributed by atoms with Crippen molar-refractivity contribution in [1.82, 2.24) is 0 Å². The Kier molecular flexibility index (Phi) is 3.98. The van der Waals surface area contributed by atoms with E-state index in [1.165, 1.54) is 12.1 Å². The van der Waals surface area contributed by atoms with Gasteiger partial charge in [-0.25, -0.2) is 8.78 Å². The minimum absolute atomic E-state index is 0.138. The van der Waals surface area contributed by atoms with Crippen LogP contribution < -0.4 is 0 Å². The minimum Gasteiger partial charge on any atom is -0.206 e. The summed E-state index contributed by atoms with van der Waals surface area (Å²) in [6.07, 6.45) is 1.01. The Morgan fingerprint density at radius 2 is 1.35 bits per heavy atom. The highest BCUT2D eigenvalue weighted by Crippen LogP contribution is 2.47. The summed E-state index contributed by atoms with van der Waals surface area (Å²) in [5.41, 5.74) is 4.67. The quantitative estimate of drug-likeness (QED) is 0.618. The summed E-state index contributed by atoms with van der Waals surface area (Å²) in [5, 5.41) is 0. The van der Waals surface area contributed by atoms with Gasteiger partial charge in [0.2, 0.25) is 0 Å². The zero-order valence-corrected chi connectivity index (χ0v) is 13.9. The van der Waals surface area contributed by atoms with Gasteiger partial charge in [-0.3, -0.25) is 0 Å². The Balaban J connectivity index is 1.99. The maximum atomic E-state index is 14.3. The summed E-state index contributed by atoms with van der Waals surface area (Å²) in [7, 11) is 0. The molecule has 0 saturated heterocycles. The van der Waals surface area contributed by atoms with E-state index < -0.39 is 11.6 Å². The molecule has 0 aliphatic heterocycles. The van der Waals surface area contributed by atoms with E-state index in [4.69, 9.17) is 0 Å². The predicted octanol–water partition coefficient (Wildman–Crippen LogP) is 5.41. The number of halogens is 2. The second kappa shape index (κ2) is 5.81. The van der Waals surface area contributed by atoms with Crippen molar-refractivity contribution < 1.29 is 8.78 Å². The van der Waals surface area contributed by atoms with E-state index in [0.29, 0.717) is 11.8 Å². The molecule has 2 atom stereocenters. The lowest BCUT2D eigenvalue weighted by atomic mass is 9.99. The van der Waals surface area contributed by atoms with Gasteiger partial charge in [0.15, 0.2) is 0 Å². The molecule has 3 rings (SSSR count). The summed E-state index contributed by atoms with van der Waals surface area (Å²) in [6, 6.07) is 6.94. The van der Waals surface area contributed by atoms with E-state index in [-0.39, 0.29) is 5.56 Å². The molecule has 1 fully saturated rings. The summed E-state index contributed by atoms with van der Waals surface area (Å²) >= 11 is 0. The van der Waals surface area contributed by atoms with Crippen LogP contribution in [0.1, 0.15) is 52.6 Å². The Morgan fingerprint density at radius 3 is 1.83 bits per heavy atom. The molecule has 2 aromatic rings. The molecule has 0 aromatic heterocycles. The van der Waals surface area contributed by atoms with E-state index in [1.807, 2.05) is 32.9 Å². The van der Waals surface area contributed by atoms with Crippen LogP contribution in [0, 0.1) is 50.2 Å². The van der Waals surface area contributed by atoms with Crippen molar-refractivity contribution in [3.8, 4) is 11.8 Å². The van der Waals surface area contributed by atoms with Crippen molar-refractivity contribution in [2.75, 3.05) is 0 Å². The maximum absolute atomic E-state index is 14.3. The Hall–Kier alpha value is -2.14. The second-order valence-electron chi connectivity index (χ2n) is 6.70. The first-order chi connectivity index (χ1) is 10.9. The molecule has 118 valence electrons. The number of aryl methyl sites for hydroxylation is 3. The fourth-order valence-corrected chi connectivity index (χ4v) is 3.22. The minimum atomic E-state index is -0.561. The van der Waals surface area contributed by atoms with Crippen LogP contribution in [0.2, 0.25) is 0 Å². The molecular formula is C21H20F2. The van der Waals surface area contributed by atoms with Gasteiger partial charge in [0.1, 0.15) is 11.6 Å². The van der Waals surface area contributed by atoms with Crippen LogP contribution in [-0.4, -0.2) is 0 Å². The van der Waals surface area contributed by atoms with Gasteiger partial charge in [-0.2, -0.15) is 0 Å². The van der Waals surface area contributed by atoms with E-state index in [1.54, 1.807) is 0 Å². The molecule has 0 bridgehead atoms. The highest BCUT2D eigenvalue weighted by atomic mass is 19.1. The van der Waals surface area contributed by atoms with Crippen LogP contribution in [0.25, 0.3) is 0 Å². The highest BCUT2D eigenvalue weighted by molar-refractivity contribution is 5.52. The summed E-state index contributed by atoms with van der Waals surface area (Å²) < 4.78 is 28.5. The fourth-order valence-electron chi connectivity index (χ4n) is 3.22. The summed E-state index contributed by atoms with van der Waals surface area (Å²) in [6.45, 7) is 8.05. The van der Waals surface area contributed by atoms with Crippen LogP contribution in [-0.2, 0) is 0 Å². The van der Waals surface area contributed by atoms with Crippen molar-refractivity contribution in [3.63, 3.8) is 0 Å². The van der Waals surface area contributed by atoms with Gasteiger partial charge in [-0.1, -0.05) is 36.5 Å². The molecule has 0 nitrogen and oxygen atoms in total.